The smallest absolute Gasteiger partial charge is 0.296 e. The molecule has 2 aromatic rings. The molecule has 0 saturated carbocycles. The molecule has 7 heteroatoms. The molecular weight excluding hydrogens is 320 g/mol. The van der Waals surface area contributed by atoms with Crippen LogP contribution >= 0.6 is 15.9 Å². The zero-order valence-corrected chi connectivity index (χ0v) is 10.9. The van der Waals surface area contributed by atoms with Gasteiger partial charge in [-0.2, -0.15) is 14.0 Å². The summed E-state index contributed by atoms with van der Waals surface area (Å²) >= 11 is 2.22. The molecule has 0 N–H and O–H groups in total. The molecule has 0 aliphatic carbocycles. The first kappa shape index (κ1) is 13.4. The number of carbonyl (C=O) groups is 1. The van der Waals surface area contributed by atoms with Gasteiger partial charge in [-0.3, -0.25) is 9.36 Å². The minimum atomic E-state index is -3.36. The Bertz CT molecular complexity index is 653. The van der Waals surface area contributed by atoms with Gasteiger partial charge >= 0.3 is 4.83 Å². The number of nitriles is 1. The Hall–Kier alpha value is -2.07. The van der Waals surface area contributed by atoms with Crippen molar-refractivity contribution in [2.24, 2.45) is 0 Å². The molecule has 1 heterocycles. The Labute approximate surface area is 115 Å². The molecule has 0 aliphatic heterocycles. The van der Waals surface area contributed by atoms with Crippen LogP contribution in [0.15, 0.2) is 30.5 Å². The third-order valence-corrected chi connectivity index (χ3v) is 2.77. The van der Waals surface area contributed by atoms with Gasteiger partial charge in [0.1, 0.15) is 5.69 Å². The van der Waals surface area contributed by atoms with Crippen molar-refractivity contribution in [1.29, 1.82) is 5.26 Å². The molecule has 19 heavy (non-hydrogen) atoms. The number of hydrogen-bond donors (Lipinski definition) is 0. The molecule has 96 valence electrons. The van der Waals surface area contributed by atoms with E-state index in [1.54, 1.807) is 0 Å². The van der Waals surface area contributed by atoms with E-state index >= 15 is 0 Å². The van der Waals surface area contributed by atoms with Crippen molar-refractivity contribution in [3.8, 4) is 11.8 Å². The van der Waals surface area contributed by atoms with Crippen LogP contribution in [0, 0.1) is 11.3 Å². The van der Waals surface area contributed by atoms with Crippen molar-refractivity contribution in [2.45, 2.75) is 4.83 Å². The highest BCUT2D eigenvalue weighted by Gasteiger charge is 2.34. The maximum atomic E-state index is 13.4. The zero-order valence-electron chi connectivity index (χ0n) is 9.35. The summed E-state index contributed by atoms with van der Waals surface area (Å²) in [4.78, 5) is 11.1. The lowest BCUT2D eigenvalue weighted by Crippen LogP contribution is -2.13. The minimum Gasteiger partial charge on any atom is -0.296 e. The minimum absolute atomic E-state index is 0.00108. The van der Waals surface area contributed by atoms with Gasteiger partial charge < -0.3 is 0 Å². The molecule has 0 bridgehead atoms. The van der Waals surface area contributed by atoms with E-state index in [-0.39, 0.29) is 5.69 Å². The van der Waals surface area contributed by atoms with E-state index in [2.05, 4.69) is 20.9 Å². The van der Waals surface area contributed by atoms with Crippen LogP contribution in [0.4, 0.5) is 8.78 Å². The fraction of sp³-hybridized carbons (Fsp3) is 0.0833. The van der Waals surface area contributed by atoms with E-state index < -0.39 is 10.7 Å². The van der Waals surface area contributed by atoms with Crippen molar-refractivity contribution in [1.82, 2.24) is 9.55 Å². The summed E-state index contributed by atoms with van der Waals surface area (Å²) in [6, 6.07) is 7.80. The van der Waals surface area contributed by atoms with E-state index in [1.165, 1.54) is 24.3 Å². The van der Waals surface area contributed by atoms with Gasteiger partial charge in [0.15, 0.2) is 12.1 Å². The van der Waals surface area contributed by atoms with Gasteiger partial charge in [0, 0.05) is 5.69 Å². The Morgan fingerprint density at radius 3 is 2.47 bits per heavy atom. The number of rotatable bonds is 3. The molecular formula is C12H6BrF2N3O. The maximum absolute atomic E-state index is 13.4. The van der Waals surface area contributed by atoms with E-state index in [0.29, 0.717) is 17.5 Å². The second-order valence-corrected chi connectivity index (χ2v) is 4.61. The van der Waals surface area contributed by atoms with E-state index in [0.717, 1.165) is 10.8 Å². The molecule has 4 nitrogen and oxygen atoms in total. The van der Waals surface area contributed by atoms with Crippen LogP contribution in [0.2, 0.25) is 0 Å². The van der Waals surface area contributed by atoms with Crippen LogP contribution in [0.1, 0.15) is 21.9 Å². The molecule has 0 unspecified atom stereocenters. The summed E-state index contributed by atoms with van der Waals surface area (Å²) in [7, 11) is 0. The zero-order chi connectivity index (χ0) is 14.0. The highest BCUT2D eigenvalue weighted by atomic mass is 79.9. The Balaban J connectivity index is 2.62. The van der Waals surface area contributed by atoms with Gasteiger partial charge in [0.05, 0.1) is 17.8 Å². The molecule has 0 atom stereocenters. The van der Waals surface area contributed by atoms with Gasteiger partial charge in [-0.05, 0) is 40.2 Å². The predicted octanol–water partition coefficient (Wildman–Crippen LogP) is 3.00. The van der Waals surface area contributed by atoms with Crippen LogP contribution in [0.25, 0.3) is 5.69 Å². The van der Waals surface area contributed by atoms with Crippen LogP contribution < -0.4 is 0 Å². The molecule has 0 saturated heterocycles. The summed E-state index contributed by atoms with van der Waals surface area (Å²) in [5.74, 6) is -0.598. The number of benzene rings is 1. The van der Waals surface area contributed by atoms with Gasteiger partial charge in [-0.25, -0.2) is 4.98 Å². The van der Waals surface area contributed by atoms with E-state index in [1.807, 2.05) is 6.07 Å². The van der Waals surface area contributed by atoms with Crippen molar-refractivity contribution in [2.75, 3.05) is 0 Å². The third kappa shape index (κ3) is 2.53. The summed E-state index contributed by atoms with van der Waals surface area (Å²) in [6.07, 6.45) is 1.50. The molecule has 1 aromatic heterocycles. The monoisotopic (exact) mass is 325 g/mol. The number of aromatic nitrogens is 2. The molecule has 0 spiro atoms. The normalized spacial score (nSPS) is 11.1. The van der Waals surface area contributed by atoms with E-state index in [4.69, 9.17) is 5.26 Å². The van der Waals surface area contributed by atoms with Gasteiger partial charge in [0.25, 0.3) is 0 Å². The number of carbonyl (C=O) groups excluding carboxylic acids is 1. The molecule has 0 aliphatic rings. The number of aldehydes is 1. The summed E-state index contributed by atoms with van der Waals surface area (Å²) < 4.78 is 27.8. The quantitative estimate of drug-likeness (QED) is 0.643. The fourth-order valence-electron chi connectivity index (χ4n) is 1.60. The average Bonchev–Trinajstić information content (AvgIpc) is 2.82. The average molecular weight is 326 g/mol. The largest absolute Gasteiger partial charge is 0.358 e. The number of imidazole rings is 1. The van der Waals surface area contributed by atoms with Crippen LogP contribution in [-0.4, -0.2) is 15.8 Å². The Morgan fingerprint density at radius 2 is 2.00 bits per heavy atom. The van der Waals surface area contributed by atoms with Gasteiger partial charge in [-0.1, -0.05) is 0 Å². The third-order valence-electron chi connectivity index (χ3n) is 2.42. The Kier molecular flexibility index (Phi) is 3.44. The first-order chi connectivity index (χ1) is 8.97. The number of hydrogen-bond acceptors (Lipinski definition) is 3. The van der Waals surface area contributed by atoms with Gasteiger partial charge in [0.2, 0.25) is 0 Å². The first-order valence-electron chi connectivity index (χ1n) is 5.08. The lowest BCUT2D eigenvalue weighted by Gasteiger charge is -2.13. The predicted molar refractivity (Wildman–Crippen MR) is 66.5 cm³/mol. The van der Waals surface area contributed by atoms with Gasteiger partial charge in [-0.15, -0.1) is 0 Å². The lowest BCUT2D eigenvalue weighted by molar-refractivity contribution is 0.101. The molecule has 0 amide bonds. The molecule has 2 rings (SSSR count). The lowest BCUT2D eigenvalue weighted by atomic mass is 10.2. The number of halogens is 3. The van der Waals surface area contributed by atoms with Crippen molar-refractivity contribution in [3.05, 3.63) is 47.5 Å². The molecule has 1 aromatic carbocycles. The fourth-order valence-corrected chi connectivity index (χ4v) is 1.88. The highest BCUT2D eigenvalue weighted by Crippen LogP contribution is 2.35. The highest BCUT2D eigenvalue weighted by molar-refractivity contribution is 9.09. The Morgan fingerprint density at radius 1 is 1.37 bits per heavy atom. The van der Waals surface area contributed by atoms with Crippen LogP contribution in [0.3, 0.4) is 0 Å². The topological polar surface area (TPSA) is 58.7 Å². The summed E-state index contributed by atoms with van der Waals surface area (Å²) in [6.45, 7) is 0. The number of alkyl halides is 3. The van der Waals surface area contributed by atoms with Crippen molar-refractivity contribution in [3.63, 3.8) is 0 Å². The first-order valence-corrected chi connectivity index (χ1v) is 5.87. The van der Waals surface area contributed by atoms with Crippen molar-refractivity contribution >= 4 is 22.2 Å². The molecule has 0 fully saturated rings. The second-order valence-electron chi connectivity index (χ2n) is 3.62. The number of nitrogens with zero attached hydrogens (tertiary/aromatic N) is 3. The summed E-state index contributed by atoms with van der Waals surface area (Å²) in [5.41, 5.74) is 0.718. The maximum Gasteiger partial charge on any atom is 0.358 e. The van der Waals surface area contributed by atoms with Crippen LogP contribution in [-0.2, 0) is 4.83 Å². The summed E-state index contributed by atoms with van der Waals surface area (Å²) in [5, 5.41) is 8.69. The van der Waals surface area contributed by atoms with Crippen molar-refractivity contribution < 1.29 is 13.6 Å². The second kappa shape index (κ2) is 4.90. The van der Waals surface area contributed by atoms with Crippen LogP contribution in [0.5, 0.6) is 0 Å². The standard InChI is InChI=1S/C12H6BrF2N3O/c13-12(14,15)11-17-6-10(7-19)18(11)9-3-1-8(5-16)2-4-9/h1-4,6-7H. The molecule has 0 radical (unpaired) electrons. The van der Waals surface area contributed by atoms with E-state index in [9.17, 15) is 13.6 Å². The SMILES string of the molecule is N#Cc1ccc(-n2c(C=O)cnc2C(F)(F)Br)cc1.